The molecule has 21 heavy (non-hydrogen) atoms. The fourth-order valence-corrected chi connectivity index (χ4v) is 0.755. The first-order chi connectivity index (χ1) is 8.81. The van der Waals surface area contributed by atoms with Crippen molar-refractivity contribution in [2.45, 2.75) is 30.1 Å². The van der Waals surface area contributed by atoms with Crippen LogP contribution in [0, 0.1) is 0 Å². The first kappa shape index (κ1) is 19.5. The van der Waals surface area contributed by atoms with Crippen LogP contribution < -0.4 is 0 Å². The molecule has 0 amide bonds. The summed E-state index contributed by atoms with van der Waals surface area (Å²) in [7, 11) is 0. The van der Waals surface area contributed by atoms with Crippen LogP contribution in [0.2, 0.25) is 0 Å². The lowest BCUT2D eigenvalue weighted by molar-refractivity contribution is -0.286. The van der Waals surface area contributed by atoms with Crippen molar-refractivity contribution in [1.29, 1.82) is 0 Å². The van der Waals surface area contributed by atoms with Crippen LogP contribution >= 0.6 is 0 Å². The van der Waals surface area contributed by atoms with Gasteiger partial charge >= 0.3 is 30.1 Å². The summed E-state index contributed by atoms with van der Waals surface area (Å²) in [4.78, 5) is 20.4. The van der Waals surface area contributed by atoms with E-state index in [2.05, 4.69) is 0 Å². The summed E-state index contributed by atoms with van der Waals surface area (Å²) in [6, 6.07) is 0. The van der Waals surface area contributed by atoms with Crippen LogP contribution in [0.5, 0.6) is 0 Å². The topological polar surface area (TPSA) is 34.1 Å². The molecular weight excluding hydrogens is 344 g/mol. The molecule has 0 bridgehead atoms. The van der Waals surface area contributed by atoms with Gasteiger partial charge in [-0.15, -0.1) is 0 Å². The van der Waals surface area contributed by atoms with E-state index in [1.165, 1.54) is 0 Å². The molecule has 0 radical (unpaired) electrons. The van der Waals surface area contributed by atoms with Crippen molar-refractivity contribution >= 4 is 11.6 Å². The van der Waals surface area contributed by atoms with Gasteiger partial charge in [-0.2, -0.15) is 52.7 Å². The third-order valence-corrected chi connectivity index (χ3v) is 1.85. The lowest BCUT2D eigenvalue weighted by Crippen LogP contribution is -2.60. The van der Waals surface area contributed by atoms with Crippen LogP contribution in [-0.2, 0) is 9.59 Å². The molecule has 0 saturated carbocycles. The van der Waals surface area contributed by atoms with Gasteiger partial charge in [0.15, 0.2) is 0 Å². The van der Waals surface area contributed by atoms with Gasteiger partial charge in [-0.1, -0.05) is 0 Å². The van der Waals surface area contributed by atoms with E-state index in [0.717, 1.165) is 0 Å². The van der Waals surface area contributed by atoms with Crippen molar-refractivity contribution in [3.05, 3.63) is 0 Å². The molecule has 0 saturated heterocycles. The Balaban J connectivity index is 5.82. The molecule has 0 aliphatic rings. The lowest BCUT2D eigenvalue weighted by Gasteiger charge is -2.26. The maximum atomic E-state index is 12.6. The summed E-state index contributed by atoms with van der Waals surface area (Å²) >= 11 is 0. The molecule has 0 rings (SSSR count). The minimum Gasteiger partial charge on any atom is -0.285 e. The Hall–Kier alpha value is -1.50. The van der Waals surface area contributed by atoms with Crippen LogP contribution in [0.4, 0.5) is 52.7 Å². The number of carbonyl (C=O) groups is 2. The quantitative estimate of drug-likeness (QED) is 0.580. The van der Waals surface area contributed by atoms with Gasteiger partial charge in [-0.3, -0.25) is 9.59 Å². The molecule has 0 unspecified atom stereocenters. The molecule has 0 aliphatic carbocycles. The zero-order valence-electron chi connectivity index (χ0n) is 8.85. The number of halogens is 12. The van der Waals surface area contributed by atoms with Crippen LogP contribution in [0.3, 0.4) is 0 Å². The molecule has 0 N–H and O–H groups in total. The number of hydrogen-bond acceptors (Lipinski definition) is 2. The minimum absolute atomic E-state index is 4.74. The predicted octanol–water partition coefficient (Wildman–Crippen LogP) is 3.16. The van der Waals surface area contributed by atoms with Gasteiger partial charge in [0.1, 0.15) is 0 Å². The summed E-state index contributed by atoms with van der Waals surface area (Å²) in [5, 5.41) is 0. The van der Waals surface area contributed by atoms with E-state index in [1.54, 1.807) is 0 Å². The molecule has 0 fully saturated rings. The number of rotatable bonds is 4. The zero-order chi connectivity index (χ0) is 17.7. The molecule has 0 aromatic heterocycles. The third-order valence-electron chi connectivity index (χ3n) is 1.85. The molecule has 0 aromatic carbocycles. The summed E-state index contributed by atoms with van der Waals surface area (Å²) in [5.41, 5.74) is 0. The summed E-state index contributed by atoms with van der Waals surface area (Å²) in [6.45, 7) is 0. The average molecular weight is 344 g/mol. The molecule has 0 atom stereocenters. The first-order valence-corrected chi connectivity index (χ1v) is 4.18. The molecule has 0 aliphatic heterocycles. The van der Waals surface area contributed by atoms with Gasteiger partial charge in [0, 0.05) is 0 Å². The Labute approximate surface area is 105 Å². The van der Waals surface area contributed by atoms with Crippen molar-refractivity contribution in [3.63, 3.8) is 0 Å². The van der Waals surface area contributed by atoms with Crippen molar-refractivity contribution in [2.75, 3.05) is 0 Å². The highest BCUT2D eigenvalue weighted by Gasteiger charge is 2.77. The van der Waals surface area contributed by atoms with E-state index in [0.29, 0.717) is 0 Å². The number of carbonyl (C=O) groups excluding carboxylic acids is 2. The Bertz CT molecular complexity index is 402. The summed E-state index contributed by atoms with van der Waals surface area (Å²) in [6.07, 6.45) is -14.1. The highest BCUT2D eigenvalue weighted by Crippen LogP contribution is 2.45. The largest absolute Gasteiger partial charge is 0.461 e. The highest BCUT2D eigenvalue weighted by molar-refractivity contribution is 6.14. The van der Waals surface area contributed by atoms with Gasteiger partial charge < -0.3 is 0 Å². The van der Waals surface area contributed by atoms with E-state index >= 15 is 0 Å². The van der Waals surface area contributed by atoms with Crippen LogP contribution in [-0.4, -0.2) is 41.7 Å². The van der Waals surface area contributed by atoms with Crippen molar-refractivity contribution < 1.29 is 62.3 Å². The van der Waals surface area contributed by atoms with Crippen LogP contribution in [0.15, 0.2) is 0 Å². The Morgan fingerprint density at radius 1 is 0.476 bits per heavy atom. The minimum atomic E-state index is -7.03. The van der Waals surface area contributed by atoms with Gasteiger partial charge in [0.05, 0.1) is 0 Å². The van der Waals surface area contributed by atoms with Crippen molar-refractivity contribution in [1.82, 2.24) is 0 Å². The van der Waals surface area contributed by atoms with E-state index in [1.807, 2.05) is 0 Å². The van der Waals surface area contributed by atoms with E-state index in [4.69, 9.17) is 0 Å². The van der Waals surface area contributed by atoms with Gasteiger partial charge in [-0.25, -0.2) is 0 Å². The normalized spacial score (nSPS) is 15.0. The highest BCUT2D eigenvalue weighted by atomic mass is 19.4. The maximum absolute atomic E-state index is 12.6. The second kappa shape index (κ2) is 4.76. The van der Waals surface area contributed by atoms with Crippen LogP contribution in [0.25, 0.3) is 0 Å². The van der Waals surface area contributed by atoms with E-state index < -0.39 is 41.7 Å². The molecular formula is C7F12O2. The maximum Gasteiger partial charge on any atom is 0.461 e. The SMILES string of the molecule is O=C(C(F)(F)C(=O)C(F)(F)C(F)(F)F)C(F)(F)C(F)(F)F. The van der Waals surface area contributed by atoms with Crippen molar-refractivity contribution in [3.8, 4) is 0 Å². The molecule has 0 spiro atoms. The summed E-state index contributed by atoms with van der Waals surface area (Å²) in [5.74, 6) is -30.4. The van der Waals surface area contributed by atoms with E-state index in [-0.39, 0.29) is 0 Å². The Morgan fingerprint density at radius 2 is 0.667 bits per heavy atom. The molecule has 0 aromatic rings. The molecule has 14 heteroatoms. The second-order valence-corrected chi connectivity index (χ2v) is 3.38. The monoisotopic (exact) mass is 344 g/mol. The number of ketones is 2. The second-order valence-electron chi connectivity index (χ2n) is 3.38. The van der Waals surface area contributed by atoms with Gasteiger partial charge in [-0.05, 0) is 0 Å². The van der Waals surface area contributed by atoms with E-state index in [9.17, 15) is 62.3 Å². The standard InChI is InChI=1S/C7F12O2/c8-3(9,1(20)4(10,11)6(14,15)16)2(21)5(12,13)7(17,18)19. The zero-order valence-corrected chi connectivity index (χ0v) is 8.85. The summed E-state index contributed by atoms with van der Waals surface area (Å²) < 4.78 is 144. The first-order valence-electron chi connectivity index (χ1n) is 4.18. The molecule has 124 valence electrons. The fourth-order valence-electron chi connectivity index (χ4n) is 0.755. The van der Waals surface area contributed by atoms with Crippen LogP contribution in [0.1, 0.15) is 0 Å². The third kappa shape index (κ3) is 3.07. The smallest absolute Gasteiger partial charge is 0.285 e. The molecule has 2 nitrogen and oxygen atoms in total. The predicted molar refractivity (Wildman–Crippen MR) is 37.0 cm³/mol. The average Bonchev–Trinajstić information content (AvgIpc) is 2.23. The molecule has 0 heterocycles. The number of alkyl halides is 12. The Morgan fingerprint density at radius 3 is 0.810 bits per heavy atom. The number of Topliss-reactive ketones (excluding diaryl/α,β-unsaturated/α-hetero) is 2. The van der Waals surface area contributed by atoms with Crippen molar-refractivity contribution in [2.24, 2.45) is 0 Å². The number of hydrogen-bond donors (Lipinski definition) is 0. The van der Waals surface area contributed by atoms with Gasteiger partial charge in [0.25, 0.3) is 11.6 Å². The lowest BCUT2D eigenvalue weighted by atomic mass is 9.99. The fraction of sp³-hybridized carbons (Fsp3) is 0.714. The van der Waals surface area contributed by atoms with Gasteiger partial charge in [0.2, 0.25) is 0 Å². The Kier molecular flexibility index (Phi) is 4.42.